The Balaban J connectivity index is 1.93. The van der Waals surface area contributed by atoms with Gasteiger partial charge in [0.05, 0.1) is 6.10 Å². The lowest BCUT2D eigenvalue weighted by Gasteiger charge is -2.34. The first-order chi connectivity index (χ1) is 9.06. The van der Waals surface area contributed by atoms with Gasteiger partial charge in [-0.2, -0.15) is 0 Å². The van der Waals surface area contributed by atoms with E-state index in [0.29, 0.717) is 24.1 Å². The molecule has 106 valence electrons. The Labute approximate surface area is 121 Å². The standard InChI is InChI=1S/C16H24ClNO/c1-11(2)16-10-15(7-8-19-16)18-12(3)13-5-4-6-14(17)9-13/h4-6,9,11-12,15-16,18H,7-8,10H2,1-3H3/t12-,15?,16?/m1/s1. The quantitative estimate of drug-likeness (QED) is 0.893. The van der Waals surface area contributed by atoms with E-state index >= 15 is 0 Å². The summed E-state index contributed by atoms with van der Waals surface area (Å²) in [5, 5.41) is 4.51. The second kappa shape index (κ2) is 6.74. The molecule has 1 aliphatic heterocycles. The Morgan fingerprint density at radius 1 is 1.32 bits per heavy atom. The molecule has 0 amide bonds. The van der Waals surface area contributed by atoms with Crippen LogP contribution in [-0.4, -0.2) is 18.8 Å². The van der Waals surface area contributed by atoms with Gasteiger partial charge in [-0.25, -0.2) is 0 Å². The van der Waals surface area contributed by atoms with Crippen LogP contribution in [-0.2, 0) is 4.74 Å². The topological polar surface area (TPSA) is 21.3 Å². The van der Waals surface area contributed by atoms with Gasteiger partial charge in [-0.1, -0.05) is 37.6 Å². The van der Waals surface area contributed by atoms with Crippen molar-refractivity contribution in [3.63, 3.8) is 0 Å². The number of benzene rings is 1. The van der Waals surface area contributed by atoms with Crippen LogP contribution in [0.3, 0.4) is 0 Å². The number of hydrogen-bond acceptors (Lipinski definition) is 2. The van der Waals surface area contributed by atoms with Crippen LogP contribution in [0.1, 0.15) is 45.2 Å². The molecule has 3 atom stereocenters. The van der Waals surface area contributed by atoms with Gasteiger partial charge in [0.1, 0.15) is 0 Å². The van der Waals surface area contributed by atoms with Gasteiger partial charge in [0.15, 0.2) is 0 Å². The van der Waals surface area contributed by atoms with Crippen LogP contribution in [0.2, 0.25) is 5.02 Å². The van der Waals surface area contributed by atoms with Crippen molar-refractivity contribution in [3.8, 4) is 0 Å². The van der Waals surface area contributed by atoms with Crippen LogP contribution in [0.4, 0.5) is 0 Å². The van der Waals surface area contributed by atoms with Crippen molar-refractivity contribution in [2.24, 2.45) is 5.92 Å². The van der Waals surface area contributed by atoms with E-state index in [4.69, 9.17) is 16.3 Å². The largest absolute Gasteiger partial charge is 0.378 e. The molecule has 1 heterocycles. The predicted octanol–water partition coefficient (Wildman–Crippen LogP) is 4.19. The molecular formula is C16H24ClNO. The number of nitrogens with one attached hydrogen (secondary N) is 1. The highest BCUT2D eigenvalue weighted by molar-refractivity contribution is 6.30. The third-order valence-corrected chi connectivity index (χ3v) is 4.13. The smallest absolute Gasteiger partial charge is 0.0612 e. The van der Waals surface area contributed by atoms with Gasteiger partial charge in [0.25, 0.3) is 0 Å². The zero-order valence-electron chi connectivity index (χ0n) is 12.0. The number of ether oxygens (including phenoxy) is 1. The summed E-state index contributed by atoms with van der Waals surface area (Å²) < 4.78 is 5.81. The van der Waals surface area contributed by atoms with Gasteiger partial charge in [-0.15, -0.1) is 0 Å². The molecule has 0 aromatic heterocycles. The average Bonchev–Trinajstić information content (AvgIpc) is 2.39. The van der Waals surface area contributed by atoms with Crippen LogP contribution >= 0.6 is 11.6 Å². The fraction of sp³-hybridized carbons (Fsp3) is 0.625. The van der Waals surface area contributed by atoms with Crippen LogP contribution in [0.25, 0.3) is 0 Å². The van der Waals surface area contributed by atoms with E-state index in [2.05, 4.69) is 32.2 Å². The third kappa shape index (κ3) is 4.20. The minimum atomic E-state index is 0.328. The summed E-state index contributed by atoms with van der Waals surface area (Å²) in [5.41, 5.74) is 1.25. The van der Waals surface area contributed by atoms with Crippen molar-refractivity contribution >= 4 is 11.6 Å². The maximum absolute atomic E-state index is 6.05. The molecule has 3 heteroatoms. The third-order valence-electron chi connectivity index (χ3n) is 3.89. The summed E-state index contributed by atoms with van der Waals surface area (Å²) >= 11 is 6.05. The summed E-state index contributed by atoms with van der Waals surface area (Å²) in [6.07, 6.45) is 2.58. The Morgan fingerprint density at radius 2 is 2.11 bits per heavy atom. The van der Waals surface area contributed by atoms with Crippen molar-refractivity contribution in [1.82, 2.24) is 5.32 Å². The average molecular weight is 282 g/mol. The highest BCUT2D eigenvalue weighted by Gasteiger charge is 2.25. The fourth-order valence-corrected chi connectivity index (χ4v) is 2.87. The summed E-state index contributed by atoms with van der Waals surface area (Å²) in [6, 6.07) is 8.96. The lowest BCUT2D eigenvalue weighted by atomic mass is 9.94. The minimum absolute atomic E-state index is 0.328. The van der Waals surface area contributed by atoms with Gasteiger partial charge in [-0.3, -0.25) is 0 Å². The van der Waals surface area contributed by atoms with Crippen molar-refractivity contribution in [3.05, 3.63) is 34.9 Å². The molecule has 19 heavy (non-hydrogen) atoms. The van der Waals surface area contributed by atoms with Gasteiger partial charge in [0.2, 0.25) is 0 Å². The summed E-state index contributed by atoms with van der Waals surface area (Å²) in [6.45, 7) is 7.52. The zero-order chi connectivity index (χ0) is 13.8. The van der Waals surface area contributed by atoms with E-state index in [0.717, 1.165) is 24.5 Å². The van der Waals surface area contributed by atoms with E-state index in [-0.39, 0.29) is 0 Å². The molecule has 2 rings (SSSR count). The Hall–Kier alpha value is -0.570. The van der Waals surface area contributed by atoms with Crippen LogP contribution in [0.5, 0.6) is 0 Å². The van der Waals surface area contributed by atoms with Crippen LogP contribution in [0, 0.1) is 5.92 Å². The van der Waals surface area contributed by atoms with E-state index in [1.54, 1.807) is 0 Å². The molecule has 0 bridgehead atoms. The molecular weight excluding hydrogens is 258 g/mol. The van der Waals surface area contributed by atoms with Crippen LogP contribution < -0.4 is 5.32 Å². The maximum atomic E-state index is 6.05. The SMILES string of the molecule is CC(C)C1CC(N[C@H](C)c2cccc(Cl)c2)CCO1. The fourth-order valence-electron chi connectivity index (χ4n) is 2.67. The normalized spacial score (nSPS) is 25.5. The number of rotatable bonds is 4. The monoisotopic (exact) mass is 281 g/mol. The molecule has 0 saturated carbocycles. The molecule has 2 unspecified atom stereocenters. The van der Waals surface area contributed by atoms with Gasteiger partial charge < -0.3 is 10.1 Å². The molecule has 0 aliphatic carbocycles. The first-order valence-corrected chi connectivity index (χ1v) is 7.57. The molecule has 1 aromatic rings. The number of hydrogen-bond donors (Lipinski definition) is 1. The van der Waals surface area contributed by atoms with Gasteiger partial charge in [0, 0.05) is 23.7 Å². The van der Waals surface area contributed by atoms with Crippen molar-refractivity contribution in [2.75, 3.05) is 6.61 Å². The Kier molecular flexibility index (Phi) is 5.26. The maximum Gasteiger partial charge on any atom is 0.0612 e. The minimum Gasteiger partial charge on any atom is -0.378 e. The Bertz CT molecular complexity index is 407. The van der Waals surface area contributed by atoms with E-state index in [9.17, 15) is 0 Å². The first-order valence-electron chi connectivity index (χ1n) is 7.19. The number of halogens is 1. The molecule has 1 fully saturated rings. The van der Waals surface area contributed by atoms with Crippen molar-refractivity contribution in [1.29, 1.82) is 0 Å². The Morgan fingerprint density at radius 3 is 2.79 bits per heavy atom. The van der Waals surface area contributed by atoms with Gasteiger partial charge in [-0.05, 0) is 43.4 Å². The van der Waals surface area contributed by atoms with E-state index < -0.39 is 0 Å². The molecule has 0 radical (unpaired) electrons. The summed E-state index contributed by atoms with van der Waals surface area (Å²) in [4.78, 5) is 0. The van der Waals surface area contributed by atoms with Crippen molar-refractivity contribution in [2.45, 2.75) is 51.8 Å². The first kappa shape index (κ1) is 14.8. The highest BCUT2D eigenvalue weighted by Crippen LogP contribution is 2.23. The van der Waals surface area contributed by atoms with Gasteiger partial charge >= 0.3 is 0 Å². The molecule has 1 aromatic carbocycles. The summed E-state index contributed by atoms with van der Waals surface area (Å²) in [7, 11) is 0. The zero-order valence-corrected chi connectivity index (χ0v) is 12.8. The molecule has 1 saturated heterocycles. The highest BCUT2D eigenvalue weighted by atomic mass is 35.5. The van der Waals surface area contributed by atoms with Crippen LogP contribution in [0.15, 0.2) is 24.3 Å². The predicted molar refractivity (Wildman–Crippen MR) is 80.6 cm³/mol. The van der Waals surface area contributed by atoms with E-state index in [1.807, 2.05) is 18.2 Å². The molecule has 0 spiro atoms. The second-order valence-electron chi connectivity index (χ2n) is 5.82. The molecule has 2 nitrogen and oxygen atoms in total. The molecule has 1 aliphatic rings. The lowest BCUT2D eigenvalue weighted by Crippen LogP contribution is -2.41. The lowest BCUT2D eigenvalue weighted by molar-refractivity contribution is -0.0256. The van der Waals surface area contributed by atoms with Crippen molar-refractivity contribution < 1.29 is 4.74 Å². The second-order valence-corrected chi connectivity index (χ2v) is 6.25. The van der Waals surface area contributed by atoms with E-state index in [1.165, 1.54) is 5.56 Å². The summed E-state index contributed by atoms with van der Waals surface area (Å²) in [5.74, 6) is 0.589. The molecule has 1 N–H and O–H groups in total.